The molecule has 178 valence electrons. The first-order chi connectivity index (χ1) is 17.3. The molecule has 3 aromatic heterocycles. The summed E-state index contributed by atoms with van der Waals surface area (Å²) in [5.74, 6) is -3.31. The molecule has 5 aromatic rings. The fourth-order valence-corrected chi connectivity index (χ4v) is 3.26. The van der Waals surface area contributed by atoms with Gasteiger partial charge in [-0.1, -0.05) is 0 Å². The van der Waals surface area contributed by atoms with E-state index in [-0.39, 0.29) is 39.5 Å². The molecule has 0 saturated heterocycles. The molecule has 12 nitrogen and oxygen atoms in total. The number of ether oxygens (including phenoxy) is 1. The highest BCUT2D eigenvalue weighted by Gasteiger charge is 2.13. The molecule has 0 aliphatic heterocycles. The zero-order valence-electron chi connectivity index (χ0n) is 17.8. The topological polar surface area (TPSA) is 182 Å². The average molecular weight is 488 g/mol. The van der Waals surface area contributed by atoms with E-state index in [0.29, 0.717) is 5.69 Å². The van der Waals surface area contributed by atoms with Crippen molar-refractivity contribution < 1.29 is 37.8 Å². The van der Waals surface area contributed by atoms with Gasteiger partial charge in [0.1, 0.15) is 16.9 Å². The third-order valence-corrected chi connectivity index (χ3v) is 4.88. The summed E-state index contributed by atoms with van der Waals surface area (Å²) in [5, 5.41) is 26.2. The van der Waals surface area contributed by atoms with Crippen LogP contribution in [0, 0.1) is 0 Å². The van der Waals surface area contributed by atoms with Crippen LogP contribution in [0.15, 0.2) is 93.7 Å². The van der Waals surface area contributed by atoms with E-state index in [1.165, 1.54) is 48.5 Å². The molecule has 0 aliphatic rings. The Labute approximate surface area is 198 Å². The molecule has 2 aromatic carbocycles. The zero-order valence-corrected chi connectivity index (χ0v) is 17.8. The molecular weight excluding hydrogens is 476 g/mol. The van der Waals surface area contributed by atoms with Crippen LogP contribution in [-0.4, -0.2) is 22.2 Å². The number of fused-ring (bicyclic) bond motifs is 2. The molecule has 0 unspecified atom stereocenters. The Kier molecular flexibility index (Phi) is 5.37. The smallest absolute Gasteiger partial charge is 0.371 e. The van der Waals surface area contributed by atoms with E-state index in [2.05, 4.69) is 10.2 Å². The van der Waals surface area contributed by atoms with Crippen molar-refractivity contribution in [1.29, 1.82) is 0 Å². The zero-order chi connectivity index (χ0) is 25.4. The molecule has 0 fully saturated rings. The molecule has 5 rings (SSSR count). The van der Waals surface area contributed by atoms with Crippen LogP contribution in [0.25, 0.3) is 21.9 Å². The van der Waals surface area contributed by atoms with Gasteiger partial charge in [-0.05, 0) is 36.4 Å². The van der Waals surface area contributed by atoms with Crippen LogP contribution in [-0.2, 0) is 0 Å². The maximum absolute atomic E-state index is 12.2. The summed E-state index contributed by atoms with van der Waals surface area (Å²) in [6.45, 7) is 0. The van der Waals surface area contributed by atoms with E-state index in [4.69, 9.17) is 28.2 Å². The molecule has 0 bridgehead atoms. The molecule has 3 heterocycles. The summed E-state index contributed by atoms with van der Waals surface area (Å²) in [4.78, 5) is 46.4. The molecule has 0 radical (unpaired) electrons. The van der Waals surface area contributed by atoms with E-state index in [0.717, 1.165) is 12.1 Å². The number of furan rings is 1. The second kappa shape index (κ2) is 8.68. The fourth-order valence-electron chi connectivity index (χ4n) is 3.26. The predicted molar refractivity (Wildman–Crippen MR) is 122 cm³/mol. The van der Waals surface area contributed by atoms with Crippen molar-refractivity contribution in [3.63, 3.8) is 0 Å². The standard InChI is InChI=1S/C24H12N2O10/c27-15-9-19(23(29)30)34-17-3-1-11(7-13(15)17)25-26-21-5-6-22(36-21)33-12-2-4-18-14(8-12)16(28)10-20(35-18)24(31)32/h1-10H,(H,29,30)(H,31,32)/b26-25+. The van der Waals surface area contributed by atoms with Crippen molar-refractivity contribution in [2.75, 3.05) is 0 Å². The quantitative estimate of drug-likeness (QED) is 0.305. The molecule has 0 aliphatic carbocycles. The SMILES string of the molecule is O=C(O)c1cc(=O)c2cc(/N=N/c3ccc(Oc4ccc5oc(C(=O)O)cc(=O)c5c4)o3)ccc2o1. The summed E-state index contributed by atoms with van der Waals surface area (Å²) in [6, 6.07) is 13.2. The average Bonchev–Trinajstić information content (AvgIpc) is 3.30. The first kappa shape index (κ1) is 22.3. The van der Waals surface area contributed by atoms with Crippen molar-refractivity contribution >= 4 is 45.4 Å². The van der Waals surface area contributed by atoms with Gasteiger partial charge in [-0.3, -0.25) is 9.59 Å². The second-order valence-corrected chi connectivity index (χ2v) is 7.29. The van der Waals surface area contributed by atoms with Gasteiger partial charge in [-0.25, -0.2) is 9.59 Å². The summed E-state index contributed by atoms with van der Waals surface area (Å²) in [7, 11) is 0. The van der Waals surface area contributed by atoms with Crippen LogP contribution in [0.1, 0.15) is 21.1 Å². The third-order valence-electron chi connectivity index (χ3n) is 4.88. The van der Waals surface area contributed by atoms with Crippen LogP contribution in [0.4, 0.5) is 11.6 Å². The van der Waals surface area contributed by atoms with Gasteiger partial charge in [0, 0.05) is 24.3 Å². The Bertz CT molecular complexity index is 1830. The summed E-state index contributed by atoms with van der Waals surface area (Å²) >= 11 is 0. The van der Waals surface area contributed by atoms with Crippen LogP contribution in [0.5, 0.6) is 11.7 Å². The Morgan fingerprint density at radius 2 is 1.31 bits per heavy atom. The predicted octanol–water partition coefficient (Wildman–Crippen LogP) is 5.10. The highest BCUT2D eigenvalue weighted by Crippen LogP contribution is 2.30. The maximum atomic E-state index is 12.2. The monoisotopic (exact) mass is 488 g/mol. The molecule has 36 heavy (non-hydrogen) atoms. The van der Waals surface area contributed by atoms with Crippen molar-refractivity contribution in [2.45, 2.75) is 0 Å². The lowest BCUT2D eigenvalue weighted by Crippen LogP contribution is -2.06. The first-order valence-corrected chi connectivity index (χ1v) is 10.1. The van der Waals surface area contributed by atoms with Gasteiger partial charge >= 0.3 is 11.9 Å². The van der Waals surface area contributed by atoms with Gasteiger partial charge in [0.2, 0.25) is 17.4 Å². The molecule has 0 amide bonds. The molecule has 0 atom stereocenters. The molecule has 2 N–H and O–H groups in total. The lowest BCUT2D eigenvalue weighted by Gasteiger charge is -2.04. The van der Waals surface area contributed by atoms with Gasteiger partial charge in [0.25, 0.3) is 5.95 Å². The summed E-state index contributed by atoms with van der Waals surface area (Å²) in [6.07, 6.45) is 0. The Hall–Kier alpha value is -5.52. The number of carboxylic acid groups (broad SMARTS) is 2. The van der Waals surface area contributed by atoms with E-state index in [9.17, 15) is 19.2 Å². The number of carbonyl (C=O) groups is 2. The fraction of sp³-hybridized carbons (Fsp3) is 0. The molecule has 0 spiro atoms. The lowest BCUT2D eigenvalue weighted by molar-refractivity contribution is 0.0653. The minimum atomic E-state index is -1.36. The summed E-state index contributed by atoms with van der Waals surface area (Å²) in [5.41, 5.74) is -0.612. The number of azo groups is 1. The van der Waals surface area contributed by atoms with Gasteiger partial charge < -0.3 is 28.2 Å². The lowest BCUT2D eigenvalue weighted by atomic mass is 10.2. The Morgan fingerprint density at radius 1 is 0.694 bits per heavy atom. The van der Waals surface area contributed by atoms with Crippen LogP contribution in [0.2, 0.25) is 0 Å². The Morgan fingerprint density at radius 3 is 1.94 bits per heavy atom. The van der Waals surface area contributed by atoms with Crippen molar-refractivity contribution in [1.82, 2.24) is 0 Å². The number of hydrogen-bond acceptors (Lipinski definition) is 10. The number of nitrogens with zero attached hydrogens (tertiary/aromatic N) is 2. The van der Waals surface area contributed by atoms with E-state index in [1.54, 1.807) is 0 Å². The molecular formula is C24H12N2O10. The third kappa shape index (κ3) is 4.33. The van der Waals surface area contributed by atoms with Gasteiger partial charge in [0.05, 0.1) is 16.5 Å². The minimum absolute atomic E-state index is 0.0372. The largest absolute Gasteiger partial charge is 0.475 e. The van der Waals surface area contributed by atoms with Crippen LogP contribution >= 0.6 is 0 Å². The van der Waals surface area contributed by atoms with E-state index < -0.39 is 34.3 Å². The van der Waals surface area contributed by atoms with Gasteiger partial charge in [-0.2, -0.15) is 0 Å². The first-order valence-electron chi connectivity index (χ1n) is 10.1. The van der Waals surface area contributed by atoms with Gasteiger partial charge in [0.15, 0.2) is 10.9 Å². The number of rotatable bonds is 6. The van der Waals surface area contributed by atoms with Crippen molar-refractivity contribution in [3.05, 3.63) is 92.6 Å². The summed E-state index contributed by atoms with van der Waals surface area (Å²) < 4.78 is 21.4. The Balaban J connectivity index is 1.35. The van der Waals surface area contributed by atoms with Gasteiger partial charge in [-0.15, -0.1) is 10.2 Å². The van der Waals surface area contributed by atoms with Crippen LogP contribution in [0.3, 0.4) is 0 Å². The van der Waals surface area contributed by atoms with Crippen molar-refractivity contribution in [2.24, 2.45) is 10.2 Å². The number of hydrogen-bond donors (Lipinski definition) is 2. The highest BCUT2D eigenvalue weighted by atomic mass is 16.6. The highest BCUT2D eigenvalue weighted by molar-refractivity contribution is 5.88. The van der Waals surface area contributed by atoms with Crippen molar-refractivity contribution in [3.8, 4) is 11.7 Å². The minimum Gasteiger partial charge on any atom is -0.475 e. The maximum Gasteiger partial charge on any atom is 0.371 e. The van der Waals surface area contributed by atoms with E-state index >= 15 is 0 Å². The number of aromatic carboxylic acids is 2. The second-order valence-electron chi connectivity index (χ2n) is 7.29. The van der Waals surface area contributed by atoms with E-state index in [1.807, 2.05) is 0 Å². The van der Waals surface area contributed by atoms with Crippen LogP contribution < -0.4 is 15.6 Å². The number of carboxylic acids is 2. The normalized spacial score (nSPS) is 11.3. The number of benzene rings is 2. The molecule has 12 heteroatoms. The molecule has 0 saturated carbocycles.